The molecule has 2 rings (SSSR count). The summed E-state index contributed by atoms with van der Waals surface area (Å²) in [5.74, 6) is 1.01. The highest BCUT2D eigenvalue weighted by atomic mass is 35.5. The van der Waals surface area contributed by atoms with Crippen molar-refractivity contribution in [1.82, 2.24) is 15.5 Å². The van der Waals surface area contributed by atoms with Crippen LogP contribution in [0, 0.1) is 5.82 Å². The zero-order valence-corrected chi connectivity index (χ0v) is 18.8. The Morgan fingerprint density at radius 2 is 2.18 bits per heavy atom. The normalized spacial score (nSPS) is 20.1. The van der Waals surface area contributed by atoms with E-state index in [1.54, 1.807) is 13.1 Å². The molecule has 158 valence electrons. The minimum atomic E-state index is -0.888. The molecule has 0 amide bonds. The highest BCUT2D eigenvalue weighted by Crippen LogP contribution is 2.21. The van der Waals surface area contributed by atoms with E-state index in [9.17, 15) is 8.60 Å². The molecule has 2 unspecified atom stereocenters. The van der Waals surface area contributed by atoms with Crippen LogP contribution < -0.4 is 10.6 Å². The molecule has 1 fully saturated rings. The van der Waals surface area contributed by atoms with E-state index < -0.39 is 10.8 Å². The van der Waals surface area contributed by atoms with Crippen molar-refractivity contribution in [2.75, 3.05) is 32.4 Å². The molecular formula is C20H32ClFN4OS. The predicted octanol–water partition coefficient (Wildman–Crippen LogP) is 3.16. The fraction of sp³-hybridized carbons (Fsp3) is 0.650. The Balaban J connectivity index is 1.83. The molecule has 1 heterocycles. The van der Waals surface area contributed by atoms with Crippen LogP contribution >= 0.6 is 11.6 Å². The van der Waals surface area contributed by atoms with Gasteiger partial charge in [-0.2, -0.15) is 0 Å². The van der Waals surface area contributed by atoms with Crippen molar-refractivity contribution >= 4 is 28.4 Å². The van der Waals surface area contributed by atoms with Gasteiger partial charge >= 0.3 is 0 Å². The lowest BCUT2D eigenvalue weighted by Crippen LogP contribution is -2.51. The maximum absolute atomic E-state index is 13.2. The van der Waals surface area contributed by atoms with Gasteiger partial charge in [0.25, 0.3) is 0 Å². The number of hydrogen-bond donors (Lipinski definition) is 2. The topological polar surface area (TPSA) is 56.7 Å². The van der Waals surface area contributed by atoms with Crippen molar-refractivity contribution in [3.8, 4) is 0 Å². The van der Waals surface area contributed by atoms with Gasteiger partial charge in [-0.25, -0.2) is 4.39 Å². The third-order valence-corrected chi connectivity index (χ3v) is 7.03. The number of nitrogens with one attached hydrogen (secondary N) is 2. The molecular weight excluding hydrogens is 399 g/mol. The average Bonchev–Trinajstić information content (AvgIpc) is 2.62. The fourth-order valence-electron chi connectivity index (χ4n) is 3.16. The number of aliphatic imine (C=N–C) groups is 1. The number of piperidine rings is 1. The van der Waals surface area contributed by atoms with Crippen molar-refractivity contribution in [2.24, 2.45) is 4.99 Å². The van der Waals surface area contributed by atoms with Crippen molar-refractivity contribution in [2.45, 2.75) is 50.9 Å². The van der Waals surface area contributed by atoms with Crippen LogP contribution in [0.1, 0.15) is 39.2 Å². The Morgan fingerprint density at radius 1 is 1.43 bits per heavy atom. The Morgan fingerprint density at radius 3 is 2.82 bits per heavy atom. The summed E-state index contributed by atoms with van der Waals surface area (Å²) in [5, 5.41) is 7.20. The molecule has 1 aromatic carbocycles. The Labute approximate surface area is 175 Å². The monoisotopic (exact) mass is 430 g/mol. The first kappa shape index (κ1) is 23.1. The Hall–Kier alpha value is -1.18. The van der Waals surface area contributed by atoms with Gasteiger partial charge in [0.2, 0.25) is 0 Å². The van der Waals surface area contributed by atoms with Crippen LogP contribution in [0.4, 0.5) is 4.39 Å². The van der Waals surface area contributed by atoms with Gasteiger partial charge in [-0.1, -0.05) is 17.7 Å². The standard InChI is InChI=1S/C20H32ClFN4OS/c1-20(2,3)28(27)11-9-24-19(23-4)25-17-6-5-10-26(14-17)13-15-7-8-16(22)12-18(15)21/h7-8,12,17H,5-6,9-11,13-14H2,1-4H3,(H2,23,24,25). The second kappa shape index (κ2) is 10.6. The van der Waals surface area contributed by atoms with E-state index in [2.05, 4.69) is 20.5 Å². The number of nitrogens with zero attached hydrogens (tertiary/aromatic N) is 2. The summed E-state index contributed by atoms with van der Waals surface area (Å²) in [6, 6.07) is 4.84. The van der Waals surface area contributed by atoms with Crippen LogP contribution in [0.2, 0.25) is 5.02 Å². The summed E-state index contributed by atoms with van der Waals surface area (Å²) < 4.78 is 25.2. The van der Waals surface area contributed by atoms with Crippen LogP contribution in [-0.2, 0) is 17.3 Å². The molecule has 0 bridgehead atoms. The van der Waals surface area contributed by atoms with Gasteiger partial charge in [-0.3, -0.25) is 14.1 Å². The first-order chi connectivity index (χ1) is 13.2. The van der Waals surface area contributed by atoms with Gasteiger partial charge in [0, 0.05) is 59.0 Å². The molecule has 5 nitrogen and oxygen atoms in total. The van der Waals surface area contributed by atoms with E-state index in [4.69, 9.17) is 11.6 Å². The number of likely N-dealkylation sites (tertiary alicyclic amines) is 1. The van der Waals surface area contributed by atoms with E-state index in [-0.39, 0.29) is 16.6 Å². The minimum Gasteiger partial charge on any atom is -0.355 e. The van der Waals surface area contributed by atoms with E-state index in [1.165, 1.54) is 12.1 Å². The number of benzene rings is 1. The summed E-state index contributed by atoms with van der Waals surface area (Å²) in [4.78, 5) is 6.61. The summed E-state index contributed by atoms with van der Waals surface area (Å²) in [5.41, 5.74) is 0.941. The second-order valence-electron chi connectivity index (χ2n) is 8.12. The minimum absolute atomic E-state index is 0.204. The van der Waals surface area contributed by atoms with Gasteiger partial charge in [0.15, 0.2) is 5.96 Å². The SMILES string of the molecule is CN=C(NCCS(=O)C(C)(C)C)NC1CCCN(Cc2ccc(F)cc2Cl)C1. The molecule has 28 heavy (non-hydrogen) atoms. The highest BCUT2D eigenvalue weighted by molar-refractivity contribution is 7.86. The van der Waals surface area contributed by atoms with Crippen LogP contribution in [0.5, 0.6) is 0 Å². The highest BCUT2D eigenvalue weighted by Gasteiger charge is 2.22. The van der Waals surface area contributed by atoms with Crippen molar-refractivity contribution in [1.29, 1.82) is 0 Å². The average molecular weight is 431 g/mol. The molecule has 8 heteroatoms. The maximum Gasteiger partial charge on any atom is 0.191 e. The fourth-order valence-corrected chi connectivity index (χ4v) is 4.29. The van der Waals surface area contributed by atoms with E-state index in [1.807, 2.05) is 20.8 Å². The van der Waals surface area contributed by atoms with Crippen molar-refractivity contribution in [3.05, 3.63) is 34.6 Å². The van der Waals surface area contributed by atoms with Crippen LogP contribution in [-0.4, -0.2) is 58.3 Å². The molecule has 1 saturated heterocycles. The van der Waals surface area contributed by atoms with Gasteiger partial charge < -0.3 is 10.6 Å². The Bertz CT molecular complexity index is 708. The van der Waals surface area contributed by atoms with E-state index in [0.29, 0.717) is 23.9 Å². The molecule has 0 aliphatic carbocycles. The van der Waals surface area contributed by atoms with E-state index in [0.717, 1.165) is 37.5 Å². The van der Waals surface area contributed by atoms with Crippen LogP contribution in [0.15, 0.2) is 23.2 Å². The number of rotatable bonds is 6. The molecule has 2 atom stereocenters. The smallest absolute Gasteiger partial charge is 0.191 e. The molecule has 1 aliphatic heterocycles. The number of halogens is 2. The molecule has 0 radical (unpaired) electrons. The molecule has 1 aromatic rings. The van der Waals surface area contributed by atoms with Gasteiger partial charge in [0.1, 0.15) is 5.82 Å². The third-order valence-electron chi connectivity index (χ3n) is 4.74. The number of guanidine groups is 1. The summed E-state index contributed by atoms with van der Waals surface area (Å²) in [7, 11) is 0.857. The molecule has 1 aliphatic rings. The first-order valence-corrected chi connectivity index (χ1v) is 11.4. The predicted molar refractivity (Wildman–Crippen MR) is 117 cm³/mol. The van der Waals surface area contributed by atoms with Gasteiger partial charge in [-0.15, -0.1) is 0 Å². The maximum atomic E-state index is 13.2. The quantitative estimate of drug-likeness (QED) is 0.537. The van der Waals surface area contributed by atoms with Crippen LogP contribution in [0.3, 0.4) is 0 Å². The van der Waals surface area contributed by atoms with Gasteiger partial charge in [0.05, 0.1) is 0 Å². The molecule has 0 aromatic heterocycles. The lowest BCUT2D eigenvalue weighted by molar-refractivity contribution is 0.192. The molecule has 2 N–H and O–H groups in total. The summed E-state index contributed by atoms with van der Waals surface area (Å²) in [6.45, 7) is 9.13. The number of hydrogen-bond acceptors (Lipinski definition) is 3. The second-order valence-corrected chi connectivity index (χ2v) is 10.8. The zero-order valence-electron chi connectivity index (χ0n) is 17.2. The first-order valence-electron chi connectivity index (χ1n) is 9.71. The van der Waals surface area contributed by atoms with Crippen molar-refractivity contribution in [3.63, 3.8) is 0 Å². The van der Waals surface area contributed by atoms with E-state index >= 15 is 0 Å². The van der Waals surface area contributed by atoms with Crippen molar-refractivity contribution < 1.29 is 8.60 Å². The third kappa shape index (κ3) is 7.33. The summed E-state index contributed by atoms with van der Waals surface area (Å²) in [6.07, 6.45) is 2.13. The summed E-state index contributed by atoms with van der Waals surface area (Å²) >= 11 is 6.17. The largest absolute Gasteiger partial charge is 0.355 e. The lowest BCUT2D eigenvalue weighted by atomic mass is 10.0. The van der Waals surface area contributed by atoms with Gasteiger partial charge in [-0.05, 0) is 57.9 Å². The zero-order chi connectivity index (χ0) is 20.7. The lowest BCUT2D eigenvalue weighted by Gasteiger charge is -2.34. The Kier molecular flexibility index (Phi) is 8.71. The molecule has 0 saturated carbocycles. The molecule has 0 spiro atoms. The van der Waals surface area contributed by atoms with Crippen LogP contribution in [0.25, 0.3) is 0 Å².